The first-order chi connectivity index (χ1) is 12.8. The van der Waals surface area contributed by atoms with E-state index in [0.29, 0.717) is 5.82 Å². The molecule has 0 atom stereocenters. The van der Waals surface area contributed by atoms with Crippen molar-refractivity contribution in [1.29, 1.82) is 0 Å². The van der Waals surface area contributed by atoms with Gasteiger partial charge in [0, 0.05) is 5.69 Å². The molecule has 0 aliphatic carbocycles. The number of nitrogens with zero attached hydrogens (tertiary/aromatic N) is 2. The fraction of sp³-hybridized carbons (Fsp3) is 0.111. The number of nitrogens with one attached hydrogen (secondary N) is 3. The van der Waals surface area contributed by atoms with Crippen molar-refractivity contribution in [1.82, 2.24) is 14.8 Å². The van der Waals surface area contributed by atoms with E-state index in [0.717, 1.165) is 16.8 Å². The molecule has 0 aliphatic heterocycles. The first-order valence-corrected chi connectivity index (χ1v) is 9.62. The molecular formula is C18H20N6O2S. The molecular weight excluding hydrogens is 364 g/mol. The van der Waals surface area contributed by atoms with E-state index in [1.165, 1.54) is 18.5 Å². The number of benzene rings is 2. The average molecular weight is 384 g/mol. The van der Waals surface area contributed by atoms with E-state index < -0.39 is 10.0 Å². The fourth-order valence-corrected chi connectivity index (χ4v) is 3.10. The number of nitrogens with two attached hydrogens (primary N) is 1. The molecule has 8 nitrogen and oxygen atoms in total. The van der Waals surface area contributed by atoms with Crippen LogP contribution in [-0.4, -0.2) is 18.4 Å². The molecule has 140 valence electrons. The Bertz CT molecular complexity index is 1030. The molecule has 0 saturated heterocycles. The maximum absolute atomic E-state index is 12.4. The van der Waals surface area contributed by atoms with Gasteiger partial charge in [0.1, 0.15) is 12.0 Å². The van der Waals surface area contributed by atoms with Gasteiger partial charge in [-0.05, 0) is 38.1 Å². The largest absolute Gasteiger partial charge is 0.393 e. The molecule has 5 N–H and O–H groups in total. The Labute approximate surface area is 157 Å². The number of rotatable bonds is 6. The van der Waals surface area contributed by atoms with Crippen LogP contribution in [0.25, 0.3) is 0 Å². The summed E-state index contributed by atoms with van der Waals surface area (Å²) in [7, 11) is -3.77. The zero-order valence-corrected chi connectivity index (χ0v) is 15.7. The van der Waals surface area contributed by atoms with E-state index in [1.54, 1.807) is 12.1 Å². The number of nitrogen functional groups attached to an aromatic ring is 1. The molecule has 0 fully saturated rings. The highest BCUT2D eigenvalue weighted by Crippen LogP contribution is 2.25. The second-order valence-electron chi connectivity index (χ2n) is 6.02. The minimum absolute atomic E-state index is 0.131. The van der Waals surface area contributed by atoms with Gasteiger partial charge in [0.25, 0.3) is 10.0 Å². The summed E-state index contributed by atoms with van der Waals surface area (Å²) in [4.78, 5) is 10.5. The lowest BCUT2D eigenvalue weighted by atomic mass is 10.2. The summed E-state index contributed by atoms with van der Waals surface area (Å²) in [5.74, 6) is 0.515. The standard InChI is InChI=1S/C18H20N6O2S/c1-12-3-7-14(8-4-12)22-17-16(19)18(21-11-20-17)23-24-27(25,26)15-9-5-13(2)6-10-15/h3-11,24H,19H2,1-2H3,(H2,20,21,22,23). The zero-order chi connectivity index (χ0) is 19.4. The van der Waals surface area contributed by atoms with Gasteiger partial charge in [0.2, 0.25) is 0 Å². The lowest BCUT2D eigenvalue weighted by Gasteiger charge is -2.13. The van der Waals surface area contributed by atoms with Crippen LogP contribution in [0.3, 0.4) is 0 Å². The van der Waals surface area contributed by atoms with Crippen LogP contribution in [0.2, 0.25) is 0 Å². The molecule has 1 heterocycles. The lowest BCUT2D eigenvalue weighted by Crippen LogP contribution is -2.30. The predicted molar refractivity (Wildman–Crippen MR) is 106 cm³/mol. The van der Waals surface area contributed by atoms with Crippen molar-refractivity contribution in [3.05, 3.63) is 66.0 Å². The van der Waals surface area contributed by atoms with E-state index in [1.807, 2.05) is 38.1 Å². The van der Waals surface area contributed by atoms with Crippen molar-refractivity contribution >= 4 is 33.0 Å². The maximum atomic E-state index is 12.4. The Balaban J connectivity index is 1.75. The predicted octanol–water partition coefficient (Wildman–Crippen LogP) is 2.72. The van der Waals surface area contributed by atoms with Gasteiger partial charge in [0.15, 0.2) is 11.6 Å². The van der Waals surface area contributed by atoms with Crippen molar-refractivity contribution in [3.63, 3.8) is 0 Å². The summed E-state index contributed by atoms with van der Waals surface area (Å²) < 4.78 is 24.7. The highest BCUT2D eigenvalue weighted by Gasteiger charge is 2.15. The number of hydrogen-bond acceptors (Lipinski definition) is 7. The number of hydrogen-bond donors (Lipinski definition) is 4. The van der Waals surface area contributed by atoms with Gasteiger partial charge in [-0.2, -0.15) is 0 Å². The molecule has 1 aromatic heterocycles. The minimum atomic E-state index is -3.77. The molecule has 0 spiro atoms. The van der Waals surface area contributed by atoms with Crippen LogP contribution in [-0.2, 0) is 10.0 Å². The molecule has 0 bridgehead atoms. The fourth-order valence-electron chi connectivity index (χ4n) is 2.26. The minimum Gasteiger partial charge on any atom is -0.393 e. The molecule has 0 unspecified atom stereocenters. The first kappa shape index (κ1) is 18.6. The molecule has 27 heavy (non-hydrogen) atoms. The molecule has 9 heteroatoms. The highest BCUT2D eigenvalue weighted by molar-refractivity contribution is 7.89. The molecule has 0 radical (unpaired) electrons. The van der Waals surface area contributed by atoms with Gasteiger partial charge in [-0.1, -0.05) is 35.4 Å². The third-order valence-electron chi connectivity index (χ3n) is 3.83. The average Bonchev–Trinajstić information content (AvgIpc) is 2.64. The van der Waals surface area contributed by atoms with Gasteiger partial charge in [-0.15, -0.1) is 4.83 Å². The quantitative estimate of drug-likeness (QED) is 0.482. The normalized spacial score (nSPS) is 11.2. The summed E-state index contributed by atoms with van der Waals surface area (Å²) in [5.41, 5.74) is 11.7. The number of aromatic nitrogens is 2. The van der Waals surface area contributed by atoms with E-state index in [2.05, 4.69) is 25.5 Å². The van der Waals surface area contributed by atoms with Crippen LogP contribution in [0.5, 0.6) is 0 Å². The second kappa shape index (κ2) is 7.60. The van der Waals surface area contributed by atoms with Crippen molar-refractivity contribution in [2.45, 2.75) is 18.7 Å². The molecule has 3 rings (SSSR count). The molecule has 0 amide bonds. The Hall–Kier alpha value is -3.17. The van der Waals surface area contributed by atoms with E-state index in [9.17, 15) is 8.42 Å². The van der Waals surface area contributed by atoms with Crippen molar-refractivity contribution in [2.75, 3.05) is 16.5 Å². The summed E-state index contributed by atoms with van der Waals surface area (Å²) in [6, 6.07) is 14.2. The second-order valence-corrected chi connectivity index (χ2v) is 7.70. The first-order valence-electron chi connectivity index (χ1n) is 8.14. The van der Waals surface area contributed by atoms with E-state index in [4.69, 9.17) is 5.73 Å². The van der Waals surface area contributed by atoms with Gasteiger partial charge < -0.3 is 11.1 Å². The number of anilines is 4. The highest BCUT2D eigenvalue weighted by atomic mass is 32.2. The third-order valence-corrected chi connectivity index (χ3v) is 5.10. The van der Waals surface area contributed by atoms with Crippen LogP contribution in [0.4, 0.5) is 23.0 Å². The van der Waals surface area contributed by atoms with Crippen molar-refractivity contribution < 1.29 is 8.42 Å². The molecule has 2 aromatic carbocycles. The Morgan fingerprint density at radius 1 is 0.852 bits per heavy atom. The maximum Gasteiger partial charge on any atom is 0.257 e. The molecule has 0 saturated carbocycles. The van der Waals surface area contributed by atoms with Crippen LogP contribution < -0.4 is 21.3 Å². The number of hydrazine groups is 1. The Kier molecular flexibility index (Phi) is 5.24. The SMILES string of the molecule is Cc1ccc(Nc2ncnc(NNS(=O)(=O)c3ccc(C)cc3)c2N)cc1. The van der Waals surface area contributed by atoms with E-state index >= 15 is 0 Å². The summed E-state index contributed by atoms with van der Waals surface area (Å²) in [5, 5.41) is 3.08. The van der Waals surface area contributed by atoms with Crippen LogP contribution in [0.1, 0.15) is 11.1 Å². The topological polar surface area (TPSA) is 122 Å². The van der Waals surface area contributed by atoms with Crippen LogP contribution in [0.15, 0.2) is 59.8 Å². The van der Waals surface area contributed by atoms with Crippen LogP contribution in [0, 0.1) is 13.8 Å². The van der Waals surface area contributed by atoms with Gasteiger partial charge in [-0.3, -0.25) is 5.43 Å². The monoisotopic (exact) mass is 384 g/mol. The summed E-state index contributed by atoms with van der Waals surface area (Å²) >= 11 is 0. The Morgan fingerprint density at radius 2 is 1.41 bits per heavy atom. The lowest BCUT2D eigenvalue weighted by molar-refractivity contribution is 0.587. The molecule has 0 aliphatic rings. The van der Waals surface area contributed by atoms with Gasteiger partial charge in [-0.25, -0.2) is 18.4 Å². The Morgan fingerprint density at radius 3 is 2.04 bits per heavy atom. The van der Waals surface area contributed by atoms with Gasteiger partial charge >= 0.3 is 0 Å². The smallest absolute Gasteiger partial charge is 0.257 e. The van der Waals surface area contributed by atoms with Crippen molar-refractivity contribution in [2.24, 2.45) is 0 Å². The van der Waals surface area contributed by atoms with Crippen LogP contribution >= 0.6 is 0 Å². The third kappa shape index (κ3) is 4.52. The number of aryl methyl sites for hydroxylation is 2. The zero-order valence-electron chi connectivity index (χ0n) is 14.9. The number of sulfonamides is 1. The van der Waals surface area contributed by atoms with E-state index in [-0.39, 0.29) is 16.4 Å². The van der Waals surface area contributed by atoms with Crippen molar-refractivity contribution in [3.8, 4) is 0 Å². The van der Waals surface area contributed by atoms with Gasteiger partial charge in [0.05, 0.1) is 4.90 Å². The summed E-state index contributed by atoms with van der Waals surface area (Å²) in [6.45, 7) is 3.87. The molecule has 3 aromatic rings. The summed E-state index contributed by atoms with van der Waals surface area (Å²) in [6.07, 6.45) is 1.29.